The molecule has 5 nitrogen and oxygen atoms in total. The molecule has 3 rings (SSSR count). The maximum Gasteiger partial charge on any atom is 0.252 e. The van der Waals surface area contributed by atoms with Gasteiger partial charge in [0.25, 0.3) is 5.91 Å². The molecule has 0 aliphatic carbocycles. The first-order chi connectivity index (χ1) is 13.3. The van der Waals surface area contributed by atoms with Gasteiger partial charge >= 0.3 is 0 Å². The fraction of sp³-hybridized carbons (Fsp3) is 0.350. The first-order valence-corrected chi connectivity index (χ1v) is 11.6. The van der Waals surface area contributed by atoms with Crippen LogP contribution in [0.2, 0.25) is 0 Å². The van der Waals surface area contributed by atoms with Gasteiger partial charge in [0.05, 0.1) is 16.2 Å². The molecule has 0 bridgehead atoms. The van der Waals surface area contributed by atoms with Crippen molar-refractivity contribution < 1.29 is 17.6 Å². The van der Waals surface area contributed by atoms with Crippen LogP contribution in [0.4, 0.5) is 10.1 Å². The molecule has 2 aromatic carbocycles. The maximum absolute atomic E-state index is 13.4. The molecule has 150 valence electrons. The Morgan fingerprint density at radius 1 is 1.18 bits per heavy atom. The molecule has 1 aliphatic rings. The van der Waals surface area contributed by atoms with Crippen molar-refractivity contribution in [2.45, 2.75) is 30.7 Å². The molecule has 1 fully saturated rings. The second-order valence-corrected chi connectivity index (χ2v) is 9.89. The molecule has 0 radical (unpaired) electrons. The average molecular weight is 469 g/mol. The van der Waals surface area contributed by atoms with Crippen molar-refractivity contribution in [3.05, 3.63) is 58.3 Å². The molecule has 0 aromatic heterocycles. The van der Waals surface area contributed by atoms with E-state index in [0.717, 1.165) is 31.6 Å². The van der Waals surface area contributed by atoms with E-state index in [1.807, 2.05) is 12.1 Å². The summed E-state index contributed by atoms with van der Waals surface area (Å²) >= 11 is 3.28. The topological polar surface area (TPSA) is 66.5 Å². The summed E-state index contributed by atoms with van der Waals surface area (Å²) in [5, 5.41) is 2.97. The largest absolute Gasteiger partial charge is 0.371 e. The number of hydrogen-bond donors (Lipinski definition) is 1. The van der Waals surface area contributed by atoms with E-state index in [1.54, 1.807) is 19.1 Å². The number of hydrogen-bond acceptors (Lipinski definition) is 4. The zero-order valence-corrected chi connectivity index (χ0v) is 17.9. The molecule has 0 saturated carbocycles. The van der Waals surface area contributed by atoms with Crippen LogP contribution >= 0.6 is 15.9 Å². The Hall–Kier alpha value is -1.93. The molecule has 2 aromatic rings. The number of anilines is 1. The zero-order chi connectivity index (χ0) is 20.3. The molecule has 0 unspecified atom stereocenters. The summed E-state index contributed by atoms with van der Waals surface area (Å²) in [6.45, 7) is 3.12. The van der Waals surface area contributed by atoms with Gasteiger partial charge in [-0.3, -0.25) is 4.79 Å². The van der Waals surface area contributed by atoms with Gasteiger partial charge in [0, 0.05) is 29.3 Å². The fourth-order valence-electron chi connectivity index (χ4n) is 3.25. The number of carbonyl (C=O) groups excluding carboxylic acids is 1. The van der Waals surface area contributed by atoms with Gasteiger partial charge in [0.2, 0.25) is 0 Å². The van der Waals surface area contributed by atoms with Crippen molar-refractivity contribution in [3.8, 4) is 0 Å². The van der Waals surface area contributed by atoms with Gasteiger partial charge in [-0.15, -0.1) is 0 Å². The summed E-state index contributed by atoms with van der Waals surface area (Å²) < 4.78 is 37.8. The molecule has 1 amide bonds. The SMILES string of the molecule is CCS(=O)(=O)c1ccc(N2CCC(NC(=O)c3cc(F)ccc3Br)CC2)cc1. The van der Waals surface area contributed by atoms with Crippen molar-refractivity contribution >= 4 is 37.4 Å². The number of nitrogens with one attached hydrogen (secondary N) is 1. The van der Waals surface area contributed by atoms with Gasteiger partial charge in [-0.2, -0.15) is 0 Å². The average Bonchev–Trinajstić information content (AvgIpc) is 2.70. The summed E-state index contributed by atoms with van der Waals surface area (Å²) in [6, 6.07) is 11.0. The van der Waals surface area contributed by atoms with Gasteiger partial charge in [-0.1, -0.05) is 6.92 Å². The second-order valence-electron chi connectivity index (χ2n) is 6.76. The number of carbonyl (C=O) groups is 1. The van der Waals surface area contributed by atoms with E-state index < -0.39 is 15.7 Å². The first kappa shape index (κ1) is 20.8. The summed E-state index contributed by atoms with van der Waals surface area (Å²) in [5.41, 5.74) is 1.25. The second kappa shape index (κ2) is 8.61. The lowest BCUT2D eigenvalue weighted by molar-refractivity contribution is 0.0930. The minimum absolute atomic E-state index is 0.0126. The van der Waals surface area contributed by atoms with Crippen LogP contribution in [0.25, 0.3) is 0 Å². The van der Waals surface area contributed by atoms with Crippen LogP contribution in [0, 0.1) is 5.82 Å². The van der Waals surface area contributed by atoms with Crippen LogP contribution in [0.1, 0.15) is 30.1 Å². The third-order valence-corrected chi connectivity index (χ3v) is 7.39. The molecular weight excluding hydrogens is 447 g/mol. The van der Waals surface area contributed by atoms with Crippen molar-refractivity contribution in [1.29, 1.82) is 0 Å². The van der Waals surface area contributed by atoms with Gasteiger partial charge in [-0.05, 0) is 71.2 Å². The Morgan fingerprint density at radius 2 is 1.82 bits per heavy atom. The Morgan fingerprint density at radius 3 is 2.43 bits per heavy atom. The highest BCUT2D eigenvalue weighted by molar-refractivity contribution is 9.10. The van der Waals surface area contributed by atoms with E-state index in [0.29, 0.717) is 9.37 Å². The van der Waals surface area contributed by atoms with Crippen LogP contribution in [0.15, 0.2) is 51.8 Å². The van der Waals surface area contributed by atoms with E-state index in [-0.39, 0.29) is 23.3 Å². The monoisotopic (exact) mass is 468 g/mol. The number of nitrogens with zero attached hydrogens (tertiary/aromatic N) is 1. The van der Waals surface area contributed by atoms with Gasteiger partial charge in [-0.25, -0.2) is 12.8 Å². The number of halogens is 2. The highest BCUT2D eigenvalue weighted by Gasteiger charge is 2.23. The highest BCUT2D eigenvalue weighted by atomic mass is 79.9. The molecule has 28 heavy (non-hydrogen) atoms. The lowest BCUT2D eigenvalue weighted by Crippen LogP contribution is -2.44. The van der Waals surface area contributed by atoms with Crippen molar-refractivity contribution in [1.82, 2.24) is 5.32 Å². The van der Waals surface area contributed by atoms with Gasteiger partial charge in [0.15, 0.2) is 9.84 Å². The fourth-order valence-corrected chi connectivity index (χ4v) is 4.56. The third-order valence-electron chi connectivity index (χ3n) is 4.94. The lowest BCUT2D eigenvalue weighted by Gasteiger charge is -2.34. The van der Waals surface area contributed by atoms with E-state index in [4.69, 9.17) is 0 Å². The maximum atomic E-state index is 13.4. The van der Waals surface area contributed by atoms with Gasteiger partial charge in [0.1, 0.15) is 5.82 Å². The predicted octanol–water partition coefficient (Wildman–Crippen LogP) is 3.78. The molecule has 8 heteroatoms. The molecular formula is C20H22BrFN2O3S. The smallest absolute Gasteiger partial charge is 0.252 e. The number of sulfone groups is 1. The summed E-state index contributed by atoms with van der Waals surface area (Å²) in [5.74, 6) is -0.658. The third kappa shape index (κ3) is 4.72. The van der Waals surface area contributed by atoms with Crippen LogP contribution < -0.4 is 10.2 Å². The normalized spacial score (nSPS) is 15.5. The number of benzene rings is 2. The summed E-state index contributed by atoms with van der Waals surface area (Å²) in [6.07, 6.45) is 1.52. The Kier molecular flexibility index (Phi) is 6.40. The van der Waals surface area contributed by atoms with E-state index in [9.17, 15) is 17.6 Å². The molecule has 1 heterocycles. The van der Waals surface area contributed by atoms with Crippen LogP contribution in [0.3, 0.4) is 0 Å². The van der Waals surface area contributed by atoms with Gasteiger partial charge < -0.3 is 10.2 Å². The number of piperidine rings is 1. The van der Waals surface area contributed by atoms with E-state index in [2.05, 4.69) is 26.1 Å². The first-order valence-electron chi connectivity index (χ1n) is 9.14. The number of rotatable bonds is 5. The van der Waals surface area contributed by atoms with Crippen molar-refractivity contribution in [2.24, 2.45) is 0 Å². The Labute approximate surface area is 173 Å². The zero-order valence-electron chi connectivity index (χ0n) is 15.5. The minimum atomic E-state index is -3.20. The molecule has 0 spiro atoms. The van der Waals surface area contributed by atoms with Crippen molar-refractivity contribution in [2.75, 3.05) is 23.7 Å². The molecule has 0 atom stereocenters. The summed E-state index contributed by atoms with van der Waals surface area (Å²) in [4.78, 5) is 14.9. The van der Waals surface area contributed by atoms with E-state index in [1.165, 1.54) is 18.2 Å². The van der Waals surface area contributed by atoms with Crippen LogP contribution in [-0.4, -0.2) is 39.2 Å². The molecule has 1 aliphatic heterocycles. The highest BCUT2D eigenvalue weighted by Crippen LogP contribution is 2.23. The molecule has 1 saturated heterocycles. The lowest BCUT2D eigenvalue weighted by atomic mass is 10.0. The Bertz CT molecular complexity index is 956. The Balaban J connectivity index is 1.59. The van der Waals surface area contributed by atoms with Crippen LogP contribution in [-0.2, 0) is 9.84 Å². The number of amides is 1. The molecule has 1 N–H and O–H groups in total. The quantitative estimate of drug-likeness (QED) is 0.724. The summed E-state index contributed by atoms with van der Waals surface area (Å²) in [7, 11) is -3.20. The standard InChI is InChI=1S/C20H22BrFN2O3S/c1-2-28(26,27)17-6-4-16(5-7-17)24-11-9-15(10-12-24)23-20(25)18-13-14(22)3-8-19(18)21/h3-8,13,15H,2,9-12H2,1H3,(H,23,25). The van der Waals surface area contributed by atoms with Crippen molar-refractivity contribution in [3.63, 3.8) is 0 Å². The predicted molar refractivity (Wildman–Crippen MR) is 111 cm³/mol. The van der Waals surface area contributed by atoms with E-state index >= 15 is 0 Å². The van der Waals surface area contributed by atoms with Crippen LogP contribution in [0.5, 0.6) is 0 Å². The minimum Gasteiger partial charge on any atom is -0.371 e.